The lowest BCUT2D eigenvalue weighted by molar-refractivity contribution is -0.145. The van der Waals surface area contributed by atoms with Crippen LogP contribution >= 0.6 is 22.7 Å². The fraction of sp³-hybridized carbons (Fsp3) is 0.167. The second kappa shape index (κ2) is 8.13. The molecule has 0 unspecified atom stereocenters. The van der Waals surface area contributed by atoms with Crippen molar-refractivity contribution in [1.82, 2.24) is 4.98 Å². The molecule has 0 fully saturated rings. The Morgan fingerprint density at radius 2 is 1.88 bits per heavy atom. The summed E-state index contributed by atoms with van der Waals surface area (Å²) in [7, 11) is 0. The zero-order chi connectivity index (χ0) is 17.6. The molecule has 0 aliphatic heterocycles. The molecule has 7 heteroatoms. The van der Waals surface area contributed by atoms with Crippen LogP contribution in [0.1, 0.15) is 28.9 Å². The molecular weight excluding hydrogens is 361 g/mol. The fourth-order valence-corrected chi connectivity index (χ4v) is 3.73. The summed E-state index contributed by atoms with van der Waals surface area (Å²) in [4.78, 5) is 29.2. The van der Waals surface area contributed by atoms with E-state index in [2.05, 4.69) is 4.98 Å². The van der Waals surface area contributed by atoms with Gasteiger partial charge in [-0.15, -0.1) is 22.7 Å². The molecule has 128 valence electrons. The van der Waals surface area contributed by atoms with Crippen molar-refractivity contribution in [2.75, 3.05) is 0 Å². The summed E-state index contributed by atoms with van der Waals surface area (Å²) in [5.41, 5.74) is 1.07. The number of hydrogen-bond acceptors (Lipinski definition) is 6. The van der Waals surface area contributed by atoms with Crippen molar-refractivity contribution >= 4 is 34.4 Å². The average Bonchev–Trinajstić information content (AvgIpc) is 3.29. The van der Waals surface area contributed by atoms with Crippen molar-refractivity contribution in [1.29, 1.82) is 0 Å². The largest absolute Gasteiger partial charge is 0.459 e. The number of benzene rings is 1. The highest BCUT2D eigenvalue weighted by Crippen LogP contribution is 2.27. The lowest BCUT2D eigenvalue weighted by Crippen LogP contribution is -2.08. The molecule has 3 rings (SSSR count). The predicted molar refractivity (Wildman–Crippen MR) is 95.2 cm³/mol. The lowest BCUT2D eigenvalue weighted by Gasteiger charge is -2.03. The standard InChI is InChI=1S/C18H14FNO3S2/c19-13-5-3-12(4-6-13)15(21)7-8-17(22)23-10-14-11-25-18(20-14)16-2-1-9-24-16/h1-6,9,11H,7-8,10H2. The number of carbonyl (C=O) groups is 2. The van der Waals surface area contributed by atoms with Gasteiger partial charge in [0.1, 0.15) is 17.4 Å². The first-order valence-corrected chi connectivity index (χ1v) is 9.30. The van der Waals surface area contributed by atoms with E-state index in [4.69, 9.17) is 4.74 Å². The Kier molecular flexibility index (Phi) is 5.67. The van der Waals surface area contributed by atoms with E-state index in [1.165, 1.54) is 35.6 Å². The normalized spacial score (nSPS) is 10.6. The van der Waals surface area contributed by atoms with Crippen LogP contribution in [0.25, 0.3) is 9.88 Å². The first-order valence-electron chi connectivity index (χ1n) is 7.54. The smallest absolute Gasteiger partial charge is 0.306 e. The van der Waals surface area contributed by atoms with Crippen LogP contribution in [0.3, 0.4) is 0 Å². The molecular formula is C18H14FNO3S2. The number of hydrogen-bond donors (Lipinski definition) is 0. The summed E-state index contributed by atoms with van der Waals surface area (Å²) in [6.07, 6.45) is 0.0140. The van der Waals surface area contributed by atoms with Gasteiger partial charge in [-0.1, -0.05) is 6.07 Å². The van der Waals surface area contributed by atoms with Gasteiger partial charge in [-0.25, -0.2) is 9.37 Å². The van der Waals surface area contributed by atoms with Crippen LogP contribution in [0.5, 0.6) is 0 Å². The molecule has 0 atom stereocenters. The molecule has 0 aliphatic rings. The lowest BCUT2D eigenvalue weighted by atomic mass is 10.1. The van der Waals surface area contributed by atoms with Crippen molar-refractivity contribution in [3.8, 4) is 9.88 Å². The van der Waals surface area contributed by atoms with Crippen LogP contribution < -0.4 is 0 Å². The number of thiazole rings is 1. The van der Waals surface area contributed by atoms with E-state index in [0.29, 0.717) is 11.3 Å². The first kappa shape index (κ1) is 17.4. The maximum absolute atomic E-state index is 12.8. The molecule has 25 heavy (non-hydrogen) atoms. The number of ketones is 1. The molecule has 0 spiro atoms. The number of nitrogens with zero attached hydrogens (tertiary/aromatic N) is 1. The minimum Gasteiger partial charge on any atom is -0.459 e. The summed E-state index contributed by atoms with van der Waals surface area (Å²) in [5, 5.41) is 4.73. The van der Waals surface area contributed by atoms with Crippen LogP contribution in [0.4, 0.5) is 4.39 Å². The molecule has 2 heterocycles. The van der Waals surface area contributed by atoms with Crippen molar-refractivity contribution in [2.45, 2.75) is 19.4 Å². The monoisotopic (exact) mass is 375 g/mol. The molecule has 0 saturated heterocycles. The van der Waals surface area contributed by atoms with Gasteiger partial charge in [-0.2, -0.15) is 0 Å². The molecule has 0 aliphatic carbocycles. The second-order valence-corrected chi connectivity index (χ2v) is 7.02. The zero-order valence-corrected chi connectivity index (χ0v) is 14.7. The number of thiophene rings is 1. The maximum Gasteiger partial charge on any atom is 0.306 e. The van der Waals surface area contributed by atoms with Gasteiger partial charge in [0.15, 0.2) is 5.78 Å². The van der Waals surface area contributed by atoms with E-state index >= 15 is 0 Å². The molecule has 4 nitrogen and oxygen atoms in total. The van der Waals surface area contributed by atoms with E-state index in [1.807, 2.05) is 22.9 Å². The summed E-state index contributed by atoms with van der Waals surface area (Å²) in [6, 6.07) is 9.20. The Hall–Kier alpha value is -2.38. The highest BCUT2D eigenvalue weighted by molar-refractivity contribution is 7.20. The Bertz CT molecular complexity index is 857. The van der Waals surface area contributed by atoms with Crippen molar-refractivity contribution in [2.24, 2.45) is 0 Å². The maximum atomic E-state index is 12.8. The molecule has 0 radical (unpaired) electrons. The molecule has 0 bridgehead atoms. The summed E-state index contributed by atoms with van der Waals surface area (Å²) in [5.74, 6) is -1.08. The van der Waals surface area contributed by atoms with Gasteiger partial charge < -0.3 is 4.74 Å². The second-order valence-electron chi connectivity index (χ2n) is 5.21. The topological polar surface area (TPSA) is 56.3 Å². The van der Waals surface area contributed by atoms with E-state index in [1.54, 1.807) is 11.3 Å². The molecule has 0 N–H and O–H groups in total. The molecule has 2 aromatic heterocycles. The Balaban J connectivity index is 1.45. The van der Waals surface area contributed by atoms with E-state index in [0.717, 1.165) is 9.88 Å². The van der Waals surface area contributed by atoms with E-state index < -0.39 is 11.8 Å². The number of halogens is 1. The third-order valence-electron chi connectivity index (χ3n) is 3.39. The predicted octanol–water partition coefficient (Wildman–Crippen LogP) is 4.72. The molecule has 0 amide bonds. The highest BCUT2D eigenvalue weighted by atomic mass is 32.1. The van der Waals surface area contributed by atoms with Crippen molar-refractivity contribution < 1.29 is 18.7 Å². The molecule has 0 saturated carbocycles. The third kappa shape index (κ3) is 4.80. The minimum atomic E-state index is -0.457. The van der Waals surface area contributed by atoms with Crippen LogP contribution in [0, 0.1) is 5.82 Å². The summed E-state index contributed by atoms with van der Waals surface area (Å²) < 4.78 is 18.0. The van der Waals surface area contributed by atoms with Gasteiger partial charge in [-0.05, 0) is 35.7 Å². The summed E-state index contributed by atoms with van der Waals surface area (Å²) >= 11 is 3.10. The number of aromatic nitrogens is 1. The van der Waals surface area contributed by atoms with Crippen molar-refractivity contribution in [3.05, 3.63) is 64.2 Å². The molecule has 1 aromatic carbocycles. The Morgan fingerprint density at radius 1 is 1.08 bits per heavy atom. The Morgan fingerprint density at radius 3 is 2.60 bits per heavy atom. The van der Waals surface area contributed by atoms with Crippen LogP contribution in [0.2, 0.25) is 0 Å². The number of carbonyl (C=O) groups excluding carboxylic acids is 2. The van der Waals surface area contributed by atoms with Gasteiger partial charge in [-0.3, -0.25) is 9.59 Å². The fourth-order valence-electron chi connectivity index (χ4n) is 2.11. The van der Waals surface area contributed by atoms with Gasteiger partial charge in [0.25, 0.3) is 0 Å². The van der Waals surface area contributed by atoms with Crippen LogP contribution in [-0.4, -0.2) is 16.7 Å². The van der Waals surface area contributed by atoms with Gasteiger partial charge in [0.05, 0.1) is 17.0 Å². The van der Waals surface area contributed by atoms with Gasteiger partial charge >= 0.3 is 5.97 Å². The van der Waals surface area contributed by atoms with E-state index in [-0.39, 0.29) is 25.2 Å². The number of ether oxygens (including phenoxy) is 1. The van der Waals surface area contributed by atoms with E-state index in [9.17, 15) is 14.0 Å². The number of rotatable bonds is 7. The Labute approximate surface area is 151 Å². The van der Waals surface area contributed by atoms with Crippen LogP contribution in [0.15, 0.2) is 47.2 Å². The minimum absolute atomic E-state index is 0.0157. The van der Waals surface area contributed by atoms with Gasteiger partial charge in [0.2, 0.25) is 0 Å². The van der Waals surface area contributed by atoms with Crippen LogP contribution in [-0.2, 0) is 16.1 Å². The quantitative estimate of drug-likeness (QED) is 0.443. The first-order chi connectivity index (χ1) is 12.1. The zero-order valence-electron chi connectivity index (χ0n) is 13.1. The average molecular weight is 375 g/mol. The number of Topliss-reactive ketones (excluding diaryl/α,β-unsaturated/α-hetero) is 1. The van der Waals surface area contributed by atoms with Crippen molar-refractivity contribution in [3.63, 3.8) is 0 Å². The third-order valence-corrected chi connectivity index (χ3v) is 5.32. The summed E-state index contributed by atoms with van der Waals surface area (Å²) in [6.45, 7) is 0.0887. The molecule has 3 aromatic rings. The SMILES string of the molecule is O=C(CCC(=O)c1ccc(F)cc1)OCc1csc(-c2cccs2)n1. The highest BCUT2D eigenvalue weighted by Gasteiger charge is 2.12. The van der Waals surface area contributed by atoms with Gasteiger partial charge in [0, 0.05) is 17.4 Å². The number of esters is 1.